The zero-order valence-corrected chi connectivity index (χ0v) is 15.6. The van der Waals surface area contributed by atoms with Gasteiger partial charge in [-0.1, -0.05) is 18.8 Å². The Morgan fingerprint density at radius 1 is 1.38 bits per heavy atom. The van der Waals surface area contributed by atoms with Crippen molar-refractivity contribution in [2.75, 3.05) is 18.5 Å². The van der Waals surface area contributed by atoms with Gasteiger partial charge in [0.25, 0.3) is 0 Å². The van der Waals surface area contributed by atoms with Crippen LogP contribution >= 0.6 is 0 Å². The molecule has 1 atom stereocenters. The normalized spacial score (nSPS) is 11.6. The minimum atomic E-state index is -0.581. The van der Waals surface area contributed by atoms with Gasteiger partial charge in [0, 0.05) is 11.8 Å². The van der Waals surface area contributed by atoms with Crippen LogP contribution in [0.25, 0.3) is 0 Å². The highest BCUT2D eigenvalue weighted by molar-refractivity contribution is 5.73. The molecule has 0 fully saturated rings. The summed E-state index contributed by atoms with van der Waals surface area (Å²) in [7, 11) is 0. The molecule has 0 aliphatic heterocycles. The number of ether oxygens (including phenoxy) is 2. The molecular weight excluding hydrogens is 336 g/mol. The summed E-state index contributed by atoms with van der Waals surface area (Å²) in [5.74, 6) is 6.38. The van der Waals surface area contributed by atoms with Gasteiger partial charge in [0.05, 0.1) is 18.2 Å². The summed E-state index contributed by atoms with van der Waals surface area (Å²) >= 11 is 0. The lowest BCUT2D eigenvalue weighted by molar-refractivity contribution is -0.105. The summed E-state index contributed by atoms with van der Waals surface area (Å²) < 4.78 is 10.7. The van der Waals surface area contributed by atoms with Crippen LogP contribution < -0.4 is 15.4 Å². The van der Waals surface area contributed by atoms with Crippen LogP contribution in [-0.2, 0) is 9.53 Å². The van der Waals surface area contributed by atoms with Crippen molar-refractivity contribution in [2.24, 2.45) is 0 Å². The minimum Gasteiger partial charge on any atom is -0.490 e. The minimum absolute atomic E-state index is 0.104. The number of nitrogens with one attached hydrogen (secondary N) is 2. The number of benzene rings is 1. The van der Waals surface area contributed by atoms with Crippen LogP contribution in [0.3, 0.4) is 0 Å². The topological polar surface area (TPSA) is 96.9 Å². The van der Waals surface area contributed by atoms with Gasteiger partial charge in [-0.3, -0.25) is 4.79 Å². The van der Waals surface area contributed by atoms with E-state index in [1.165, 1.54) is 0 Å². The van der Waals surface area contributed by atoms with Crippen LogP contribution in [0.2, 0.25) is 0 Å². The van der Waals surface area contributed by atoms with E-state index in [1.807, 2.05) is 6.92 Å². The first kappa shape index (κ1) is 21.3. The van der Waals surface area contributed by atoms with Crippen molar-refractivity contribution in [3.63, 3.8) is 0 Å². The molecular formula is C19H26N2O5. The predicted octanol–water partition coefficient (Wildman–Crippen LogP) is 2.28. The van der Waals surface area contributed by atoms with Crippen LogP contribution in [0, 0.1) is 11.8 Å². The number of aliphatic hydroxyl groups excluding tert-OH is 1. The van der Waals surface area contributed by atoms with E-state index in [0.717, 1.165) is 0 Å². The number of carbonyl (C=O) groups excluding carboxylic acids is 2. The number of carbonyl (C=O) groups is 2. The molecule has 3 N–H and O–H groups in total. The summed E-state index contributed by atoms with van der Waals surface area (Å²) in [4.78, 5) is 22.4. The number of anilines is 1. The van der Waals surface area contributed by atoms with Crippen molar-refractivity contribution in [3.8, 4) is 17.6 Å². The van der Waals surface area contributed by atoms with Gasteiger partial charge in [0.1, 0.15) is 18.0 Å². The van der Waals surface area contributed by atoms with Gasteiger partial charge in [0.2, 0.25) is 6.41 Å². The van der Waals surface area contributed by atoms with E-state index in [0.29, 0.717) is 29.8 Å². The molecule has 26 heavy (non-hydrogen) atoms. The summed E-state index contributed by atoms with van der Waals surface area (Å²) in [6.07, 6.45) is 0.638. The Morgan fingerprint density at radius 3 is 2.69 bits per heavy atom. The second-order valence-corrected chi connectivity index (χ2v) is 6.42. The third kappa shape index (κ3) is 7.90. The van der Waals surface area contributed by atoms with Crippen LogP contribution in [0.15, 0.2) is 18.2 Å². The molecule has 0 heterocycles. The Balaban J connectivity index is 2.94. The lowest BCUT2D eigenvalue weighted by atomic mass is 10.1. The van der Waals surface area contributed by atoms with Crippen molar-refractivity contribution in [2.45, 2.75) is 45.8 Å². The molecule has 1 aromatic carbocycles. The van der Waals surface area contributed by atoms with Gasteiger partial charge < -0.3 is 25.2 Å². The molecule has 7 nitrogen and oxygen atoms in total. The summed E-state index contributed by atoms with van der Waals surface area (Å²) in [6, 6.07) is 4.62. The van der Waals surface area contributed by atoms with Crippen LogP contribution in [0.1, 0.15) is 39.7 Å². The Labute approximate surface area is 154 Å². The second-order valence-electron chi connectivity index (χ2n) is 6.42. The first-order valence-corrected chi connectivity index (χ1v) is 8.38. The summed E-state index contributed by atoms with van der Waals surface area (Å²) in [5, 5.41) is 14.2. The van der Waals surface area contributed by atoms with Crippen molar-refractivity contribution in [1.29, 1.82) is 0 Å². The lowest BCUT2D eigenvalue weighted by Gasteiger charge is -2.21. The number of hydrogen-bond donors (Lipinski definition) is 3. The van der Waals surface area contributed by atoms with E-state index >= 15 is 0 Å². The Morgan fingerprint density at radius 2 is 2.12 bits per heavy atom. The number of rotatable bonds is 7. The average molecular weight is 362 g/mol. The van der Waals surface area contributed by atoms with Crippen molar-refractivity contribution in [3.05, 3.63) is 23.8 Å². The first-order chi connectivity index (χ1) is 12.3. The maximum atomic E-state index is 11.9. The smallest absolute Gasteiger partial charge is 0.408 e. The fourth-order valence-corrected chi connectivity index (χ4v) is 1.91. The van der Waals surface area contributed by atoms with Gasteiger partial charge in [-0.2, -0.15) is 0 Å². The average Bonchev–Trinajstić information content (AvgIpc) is 2.56. The molecule has 1 rings (SSSR count). The molecule has 0 aromatic heterocycles. The number of alkyl carbamates (subject to hydrolysis) is 1. The Hall–Kier alpha value is -2.72. The molecule has 0 aliphatic carbocycles. The molecule has 0 aliphatic rings. The van der Waals surface area contributed by atoms with Gasteiger partial charge in [-0.05, 0) is 39.3 Å². The van der Waals surface area contributed by atoms with Crippen LogP contribution in [0.5, 0.6) is 5.75 Å². The molecule has 0 spiro atoms. The monoisotopic (exact) mass is 362 g/mol. The van der Waals surface area contributed by atoms with E-state index in [2.05, 4.69) is 22.5 Å². The highest BCUT2D eigenvalue weighted by Gasteiger charge is 2.17. The molecule has 1 aromatic rings. The van der Waals surface area contributed by atoms with Crippen LogP contribution in [-0.4, -0.2) is 42.5 Å². The van der Waals surface area contributed by atoms with Crippen molar-refractivity contribution < 1.29 is 24.2 Å². The van der Waals surface area contributed by atoms with Gasteiger partial charge in [0.15, 0.2) is 0 Å². The van der Waals surface area contributed by atoms with E-state index in [9.17, 15) is 9.59 Å². The fourth-order valence-electron chi connectivity index (χ4n) is 1.91. The maximum Gasteiger partial charge on any atom is 0.408 e. The largest absolute Gasteiger partial charge is 0.490 e. The third-order valence-corrected chi connectivity index (χ3v) is 3.04. The molecule has 0 saturated heterocycles. The standard InChI is InChI=1S/C19H26N2O5/c1-5-15(21-18(24)26-19(2,3)4)8-6-14-7-9-16(20-13-23)12-17(14)25-11-10-22/h7,9,12-13,15,22H,5,10-11H2,1-4H3,(H,20,23)(H,21,24)/t15-/m1/s1. The first-order valence-electron chi connectivity index (χ1n) is 8.38. The Bertz CT molecular complexity index is 671. The summed E-state index contributed by atoms with van der Waals surface area (Å²) in [5.41, 5.74) is 0.555. The summed E-state index contributed by atoms with van der Waals surface area (Å²) in [6.45, 7) is 7.23. The van der Waals surface area contributed by atoms with Gasteiger partial charge >= 0.3 is 6.09 Å². The second kappa shape index (κ2) is 10.3. The van der Waals surface area contributed by atoms with Gasteiger partial charge in [-0.25, -0.2) is 4.79 Å². The Kier molecular flexibility index (Phi) is 8.46. The molecule has 7 heteroatoms. The van der Waals surface area contributed by atoms with Gasteiger partial charge in [-0.15, -0.1) is 0 Å². The molecule has 0 saturated carbocycles. The molecule has 2 amide bonds. The van der Waals surface area contributed by atoms with E-state index in [-0.39, 0.29) is 19.3 Å². The lowest BCUT2D eigenvalue weighted by Crippen LogP contribution is -2.38. The number of hydrogen-bond acceptors (Lipinski definition) is 5. The number of aliphatic hydroxyl groups is 1. The highest BCUT2D eigenvalue weighted by atomic mass is 16.6. The van der Waals surface area contributed by atoms with Crippen LogP contribution in [0.4, 0.5) is 10.5 Å². The maximum absolute atomic E-state index is 11.9. The quantitative estimate of drug-likeness (QED) is 0.511. The van der Waals surface area contributed by atoms with E-state index in [4.69, 9.17) is 14.6 Å². The van der Waals surface area contributed by atoms with Crippen molar-refractivity contribution >= 4 is 18.2 Å². The number of amides is 2. The SMILES string of the molecule is CC[C@H](C#Cc1ccc(NC=O)cc1OCCO)NC(=O)OC(C)(C)C. The molecule has 142 valence electrons. The zero-order chi connectivity index (χ0) is 19.6. The highest BCUT2D eigenvalue weighted by Crippen LogP contribution is 2.22. The molecule has 0 unspecified atom stereocenters. The third-order valence-electron chi connectivity index (χ3n) is 3.04. The van der Waals surface area contributed by atoms with E-state index in [1.54, 1.807) is 39.0 Å². The fraction of sp³-hybridized carbons (Fsp3) is 0.474. The van der Waals surface area contributed by atoms with Crippen molar-refractivity contribution in [1.82, 2.24) is 5.32 Å². The van der Waals surface area contributed by atoms with E-state index < -0.39 is 11.7 Å². The zero-order valence-electron chi connectivity index (χ0n) is 15.6. The molecule has 0 bridgehead atoms. The predicted molar refractivity (Wildman–Crippen MR) is 99.0 cm³/mol. The molecule has 0 radical (unpaired) electrons.